The van der Waals surface area contributed by atoms with E-state index in [1.807, 2.05) is 30.3 Å². The van der Waals surface area contributed by atoms with Crippen LogP contribution in [0.25, 0.3) is 11.3 Å². The zero-order chi connectivity index (χ0) is 21.8. The number of carbonyl (C=O) groups excluding carboxylic acids is 1. The maximum absolute atomic E-state index is 13.2. The van der Waals surface area contributed by atoms with E-state index in [1.165, 1.54) is 20.3 Å². The number of anilines is 3. The first-order chi connectivity index (χ1) is 15.1. The minimum Gasteiger partial charge on any atom is -0.481 e. The number of aromatic nitrogens is 3. The molecule has 0 spiro atoms. The highest BCUT2D eigenvalue weighted by Crippen LogP contribution is 2.31. The van der Waals surface area contributed by atoms with Crippen LogP contribution in [0.15, 0.2) is 42.5 Å². The molecule has 3 heterocycles. The van der Waals surface area contributed by atoms with Crippen molar-refractivity contribution in [3.8, 4) is 23.1 Å². The van der Waals surface area contributed by atoms with Gasteiger partial charge in [-0.05, 0) is 30.7 Å². The Labute approximate surface area is 184 Å². The van der Waals surface area contributed by atoms with Gasteiger partial charge in [0.15, 0.2) is 5.82 Å². The molecule has 0 unspecified atom stereocenters. The van der Waals surface area contributed by atoms with Gasteiger partial charge in [-0.25, -0.2) is 9.78 Å². The molecule has 9 nitrogen and oxygen atoms in total. The number of ether oxygens (including phenoxy) is 2. The number of nitrogens with one attached hydrogen (secondary N) is 2. The van der Waals surface area contributed by atoms with Gasteiger partial charge in [-0.2, -0.15) is 9.97 Å². The summed E-state index contributed by atoms with van der Waals surface area (Å²) in [4.78, 5) is 27.7. The van der Waals surface area contributed by atoms with Crippen molar-refractivity contribution in [2.75, 3.05) is 42.8 Å². The summed E-state index contributed by atoms with van der Waals surface area (Å²) in [5.41, 5.74) is 2.36. The number of rotatable bonds is 4. The fourth-order valence-corrected chi connectivity index (χ4v) is 3.40. The Balaban J connectivity index is 1.66. The van der Waals surface area contributed by atoms with Crippen LogP contribution < -0.4 is 25.0 Å². The van der Waals surface area contributed by atoms with E-state index in [1.54, 1.807) is 11.0 Å². The van der Waals surface area contributed by atoms with Crippen LogP contribution in [0.2, 0.25) is 5.02 Å². The molecule has 1 aromatic carbocycles. The van der Waals surface area contributed by atoms with Crippen molar-refractivity contribution in [2.45, 2.75) is 6.42 Å². The van der Waals surface area contributed by atoms with Crippen LogP contribution in [0, 0.1) is 0 Å². The monoisotopic (exact) mass is 440 g/mol. The van der Waals surface area contributed by atoms with Crippen LogP contribution in [0.3, 0.4) is 0 Å². The second kappa shape index (κ2) is 9.05. The standard InChI is InChI=1S/C21H21ClN6O3/c1-30-18-12-17(25-20(27-18)31-2)26-21(29)28-10-4-9-23-16-8-7-15(24-19(16)28)13-5-3-6-14(22)11-13/h3,5-8,11-12,23H,4,9-10H2,1-2H3,(H,25,26,27,29). The van der Waals surface area contributed by atoms with Gasteiger partial charge in [0.2, 0.25) is 5.88 Å². The predicted molar refractivity (Wildman–Crippen MR) is 119 cm³/mol. The van der Waals surface area contributed by atoms with Crippen molar-refractivity contribution < 1.29 is 14.3 Å². The van der Waals surface area contributed by atoms with Crippen LogP contribution in [0.4, 0.5) is 22.1 Å². The second-order valence-electron chi connectivity index (χ2n) is 6.72. The number of hydrogen-bond donors (Lipinski definition) is 2. The van der Waals surface area contributed by atoms with Gasteiger partial charge in [0.05, 0.1) is 25.6 Å². The Morgan fingerprint density at radius 1 is 1.13 bits per heavy atom. The minimum atomic E-state index is -0.372. The third kappa shape index (κ3) is 4.61. The molecule has 0 fully saturated rings. The van der Waals surface area contributed by atoms with Crippen molar-refractivity contribution >= 4 is 35.0 Å². The van der Waals surface area contributed by atoms with Gasteiger partial charge < -0.3 is 14.8 Å². The number of urea groups is 1. The number of methoxy groups -OCH3 is 2. The Bertz CT molecular complexity index is 1090. The van der Waals surface area contributed by atoms with E-state index in [0.29, 0.717) is 23.1 Å². The van der Waals surface area contributed by atoms with E-state index in [9.17, 15) is 4.79 Å². The SMILES string of the molecule is COc1cc(NC(=O)N2CCCNc3ccc(-c4cccc(Cl)c4)nc32)nc(OC)n1. The maximum atomic E-state index is 13.2. The Hall–Kier alpha value is -3.59. The number of benzene rings is 1. The molecule has 31 heavy (non-hydrogen) atoms. The number of fused-ring (bicyclic) bond motifs is 1. The Morgan fingerprint density at radius 2 is 2.00 bits per heavy atom. The number of hydrogen-bond acceptors (Lipinski definition) is 7. The van der Waals surface area contributed by atoms with Crippen molar-refractivity contribution in [1.29, 1.82) is 0 Å². The summed E-state index contributed by atoms with van der Waals surface area (Å²) in [6, 6.07) is 12.5. The summed E-state index contributed by atoms with van der Waals surface area (Å²) >= 11 is 6.14. The molecule has 10 heteroatoms. The highest BCUT2D eigenvalue weighted by Gasteiger charge is 2.24. The van der Waals surface area contributed by atoms with Gasteiger partial charge in [0.1, 0.15) is 5.82 Å². The first-order valence-corrected chi connectivity index (χ1v) is 10.0. The molecule has 0 bridgehead atoms. The Morgan fingerprint density at radius 3 is 2.77 bits per heavy atom. The first kappa shape index (κ1) is 20.7. The molecule has 2 N–H and O–H groups in total. The van der Waals surface area contributed by atoms with Gasteiger partial charge in [0.25, 0.3) is 0 Å². The lowest BCUT2D eigenvalue weighted by atomic mass is 10.1. The molecule has 0 atom stereocenters. The van der Waals surface area contributed by atoms with Crippen molar-refractivity contribution in [2.24, 2.45) is 0 Å². The van der Waals surface area contributed by atoms with E-state index >= 15 is 0 Å². The molecule has 2 amide bonds. The number of nitrogens with zero attached hydrogens (tertiary/aromatic N) is 4. The topological polar surface area (TPSA) is 102 Å². The molecule has 0 saturated carbocycles. The molecule has 1 aliphatic rings. The third-order valence-electron chi connectivity index (χ3n) is 4.68. The predicted octanol–water partition coefficient (Wildman–Crippen LogP) is 4.06. The van der Waals surface area contributed by atoms with Gasteiger partial charge in [-0.3, -0.25) is 10.2 Å². The average molecular weight is 441 g/mol. The fourth-order valence-electron chi connectivity index (χ4n) is 3.21. The second-order valence-corrected chi connectivity index (χ2v) is 7.16. The summed E-state index contributed by atoms with van der Waals surface area (Å²) in [6.07, 6.45) is 0.757. The number of amides is 2. The quantitative estimate of drug-likeness (QED) is 0.630. The number of halogens is 1. The lowest BCUT2D eigenvalue weighted by Gasteiger charge is -2.22. The first-order valence-electron chi connectivity index (χ1n) is 9.64. The summed E-state index contributed by atoms with van der Waals surface area (Å²) in [7, 11) is 2.92. The summed E-state index contributed by atoms with van der Waals surface area (Å²) in [6.45, 7) is 1.21. The van der Waals surface area contributed by atoms with Crippen molar-refractivity contribution in [3.05, 3.63) is 47.5 Å². The Kier molecular flexibility index (Phi) is 6.03. The molecular formula is C21H21ClN6O3. The molecule has 4 rings (SSSR count). The lowest BCUT2D eigenvalue weighted by molar-refractivity contribution is 0.256. The van der Waals surface area contributed by atoms with E-state index in [0.717, 1.165) is 24.2 Å². The average Bonchev–Trinajstić information content (AvgIpc) is 3.00. The van der Waals surface area contributed by atoms with Crippen LogP contribution in [-0.2, 0) is 0 Å². The zero-order valence-corrected chi connectivity index (χ0v) is 17.8. The molecular weight excluding hydrogens is 420 g/mol. The fraction of sp³-hybridized carbons (Fsp3) is 0.238. The smallest absolute Gasteiger partial charge is 0.328 e. The third-order valence-corrected chi connectivity index (χ3v) is 4.91. The van der Waals surface area contributed by atoms with Gasteiger partial charge in [0, 0.05) is 29.7 Å². The van der Waals surface area contributed by atoms with E-state index in [-0.39, 0.29) is 23.7 Å². The van der Waals surface area contributed by atoms with Crippen molar-refractivity contribution in [1.82, 2.24) is 15.0 Å². The largest absolute Gasteiger partial charge is 0.481 e. The van der Waals surface area contributed by atoms with Gasteiger partial charge >= 0.3 is 12.0 Å². The highest BCUT2D eigenvalue weighted by atomic mass is 35.5. The summed E-state index contributed by atoms with van der Waals surface area (Å²) < 4.78 is 10.2. The molecule has 160 valence electrons. The highest BCUT2D eigenvalue weighted by molar-refractivity contribution is 6.30. The van der Waals surface area contributed by atoms with Crippen LogP contribution in [0.5, 0.6) is 11.9 Å². The summed E-state index contributed by atoms with van der Waals surface area (Å²) in [5, 5.41) is 6.73. The molecule has 0 saturated heterocycles. The number of pyridine rings is 1. The number of carbonyl (C=O) groups is 1. The van der Waals surface area contributed by atoms with E-state index in [4.69, 9.17) is 26.1 Å². The normalized spacial score (nSPS) is 12.9. The van der Waals surface area contributed by atoms with E-state index < -0.39 is 0 Å². The molecule has 0 radical (unpaired) electrons. The van der Waals surface area contributed by atoms with Crippen LogP contribution in [-0.4, -0.2) is 48.3 Å². The maximum Gasteiger partial charge on any atom is 0.328 e. The van der Waals surface area contributed by atoms with Crippen molar-refractivity contribution in [3.63, 3.8) is 0 Å². The molecule has 0 aliphatic carbocycles. The molecule has 2 aromatic heterocycles. The van der Waals surface area contributed by atoms with Crippen LogP contribution >= 0.6 is 11.6 Å². The molecule has 3 aromatic rings. The van der Waals surface area contributed by atoms with E-state index in [2.05, 4.69) is 20.6 Å². The molecule has 1 aliphatic heterocycles. The van der Waals surface area contributed by atoms with Gasteiger partial charge in [-0.15, -0.1) is 0 Å². The minimum absolute atomic E-state index is 0.0916. The zero-order valence-electron chi connectivity index (χ0n) is 17.1. The van der Waals surface area contributed by atoms with Crippen LogP contribution in [0.1, 0.15) is 6.42 Å². The van der Waals surface area contributed by atoms with Gasteiger partial charge in [-0.1, -0.05) is 23.7 Å². The lowest BCUT2D eigenvalue weighted by Crippen LogP contribution is -2.36. The summed E-state index contributed by atoms with van der Waals surface area (Å²) in [5.74, 6) is 1.07.